The van der Waals surface area contributed by atoms with Gasteiger partial charge in [0.1, 0.15) is 12.1 Å². The number of rotatable bonds is 6. The van der Waals surface area contributed by atoms with Crippen molar-refractivity contribution in [3.05, 3.63) is 87.7 Å². The number of carbonyl (C=O) groups excluding carboxylic acids is 1. The molecular weight excluding hydrogens is 506 g/mol. The first-order valence-corrected chi connectivity index (χ1v) is 13.4. The summed E-state index contributed by atoms with van der Waals surface area (Å²) in [5, 5.41) is 7.06. The highest BCUT2D eigenvalue weighted by Crippen LogP contribution is 2.26. The summed E-state index contributed by atoms with van der Waals surface area (Å²) in [5.74, 6) is 0.371. The molecule has 0 atom stereocenters. The molecule has 3 aromatic heterocycles. The van der Waals surface area contributed by atoms with Crippen molar-refractivity contribution < 1.29 is 9.53 Å². The molecule has 2 N–H and O–H groups in total. The molecule has 1 fully saturated rings. The second kappa shape index (κ2) is 10.5. The largest absolute Gasteiger partial charge is 0.383 e. The molecule has 0 unspecified atom stereocenters. The van der Waals surface area contributed by atoms with Crippen LogP contribution in [0.3, 0.4) is 0 Å². The highest BCUT2D eigenvalue weighted by atomic mass is 16.5. The molecule has 2 aromatic carbocycles. The average molecular weight is 538 g/mol. The number of aryl methyl sites for hydroxylation is 3. The lowest BCUT2D eigenvalue weighted by Crippen LogP contribution is -2.40. The fraction of sp³-hybridized carbons (Fsp3) is 0.300. The molecule has 1 aliphatic heterocycles. The van der Waals surface area contributed by atoms with E-state index < -0.39 is 0 Å². The van der Waals surface area contributed by atoms with E-state index in [1.807, 2.05) is 67.3 Å². The highest BCUT2D eigenvalue weighted by molar-refractivity contribution is 5.89. The molecule has 0 radical (unpaired) electrons. The molecule has 0 spiro atoms. The van der Waals surface area contributed by atoms with Gasteiger partial charge in [-0.05, 0) is 42.5 Å². The summed E-state index contributed by atoms with van der Waals surface area (Å²) >= 11 is 0. The van der Waals surface area contributed by atoms with Gasteiger partial charge in [0.25, 0.3) is 5.56 Å². The van der Waals surface area contributed by atoms with E-state index in [0.29, 0.717) is 67.1 Å². The Morgan fingerprint density at radius 1 is 1.00 bits per heavy atom. The highest BCUT2D eigenvalue weighted by Gasteiger charge is 2.22. The van der Waals surface area contributed by atoms with Crippen molar-refractivity contribution in [1.29, 1.82) is 0 Å². The van der Waals surface area contributed by atoms with Crippen molar-refractivity contribution in [3.63, 3.8) is 0 Å². The number of ether oxygens (including phenoxy) is 1. The van der Waals surface area contributed by atoms with E-state index in [-0.39, 0.29) is 18.0 Å². The summed E-state index contributed by atoms with van der Waals surface area (Å²) in [6, 6.07) is 15.7. The number of amides is 1. The van der Waals surface area contributed by atoms with Crippen LogP contribution in [0.25, 0.3) is 27.5 Å². The molecule has 10 heteroatoms. The van der Waals surface area contributed by atoms with Crippen LogP contribution in [-0.4, -0.2) is 61.4 Å². The minimum absolute atomic E-state index is 0.0553. The fourth-order valence-electron chi connectivity index (χ4n) is 5.52. The van der Waals surface area contributed by atoms with Crippen LogP contribution in [-0.2, 0) is 22.5 Å². The lowest BCUT2D eigenvalue weighted by atomic mass is 10.1. The molecule has 0 saturated carbocycles. The zero-order valence-corrected chi connectivity index (χ0v) is 22.6. The molecule has 0 aliphatic carbocycles. The van der Waals surface area contributed by atoms with Gasteiger partial charge < -0.3 is 15.4 Å². The van der Waals surface area contributed by atoms with Crippen LogP contribution in [0.2, 0.25) is 0 Å². The van der Waals surface area contributed by atoms with E-state index in [1.165, 1.54) is 6.33 Å². The Balaban J connectivity index is 1.44. The number of benzene rings is 2. The average Bonchev–Trinajstić information content (AvgIpc) is 3.31. The number of hydrogen-bond acceptors (Lipinski definition) is 7. The van der Waals surface area contributed by atoms with Gasteiger partial charge in [0.2, 0.25) is 5.91 Å². The molecule has 1 saturated heterocycles. The molecule has 5 aromatic rings. The smallest absolute Gasteiger partial charge is 0.263 e. The summed E-state index contributed by atoms with van der Waals surface area (Å²) in [6.45, 7) is 6.52. The SMILES string of the molecule is Cc1ccccc1-n1c(Cn2nc(CCC(=O)N3CCOCC3)c3c(N)ncnc32)cc2cccc(C)c2c1=O. The molecule has 204 valence electrons. The zero-order chi connectivity index (χ0) is 27.8. The third-order valence-corrected chi connectivity index (χ3v) is 7.57. The number of nitrogens with two attached hydrogens (primary N) is 1. The molecule has 6 rings (SSSR count). The molecule has 10 nitrogen and oxygen atoms in total. The maximum absolute atomic E-state index is 14.0. The fourth-order valence-corrected chi connectivity index (χ4v) is 5.52. The number of pyridine rings is 1. The normalized spacial score (nSPS) is 13.8. The maximum atomic E-state index is 14.0. The van der Waals surface area contributed by atoms with Crippen molar-refractivity contribution in [3.8, 4) is 5.69 Å². The van der Waals surface area contributed by atoms with Gasteiger partial charge >= 0.3 is 0 Å². The molecule has 1 amide bonds. The monoisotopic (exact) mass is 537 g/mol. The Morgan fingerprint density at radius 3 is 2.58 bits per heavy atom. The van der Waals surface area contributed by atoms with E-state index in [0.717, 1.165) is 27.9 Å². The number of morpholine rings is 1. The zero-order valence-electron chi connectivity index (χ0n) is 22.6. The standard InChI is InChI=1S/C30H31N7O3/c1-19-6-3-4-9-24(19)37-22(16-21-8-5-7-20(2)26(21)30(37)39)17-36-29-27(28(31)32-18-33-29)23(34-36)10-11-25(38)35-12-14-40-15-13-35/h3-9,16,18H,10-15,17H2,1-2H3,(H2,31,32,33). The van der Waals surface area contributed by atoms with Crippen LogP contribution in [0, 0.1) is 13.8 Å². The van der Waals surface area contributed by atoms with Crippen LogP contribution < -0.4 is 11.3 Å². The number of fused-ring (bicyclic) bond motifs is 2. The van der Waals surface area contributed by atoms with Crippen LogP contribution in [0.1, 0.15) is 28.9 Å². The van der Waals surface area contributed by atoms with Gasteiger partial charge in [-0.25, -0.2) is 14.6 Å². The van der Waals surface area contributed by atoms with E-state index in [2.05, 4.69) is 9.97 Å². The third kappa shape index (κ3) is 4.60. The number of nitrogen functional groups attached to an aromatic ring is 1. The van der Waals surface area contributed by atoms with E-state index in [4.69, 9.17) is 15.6 Å². The van der Waals surface area contributed by atoms with Crippen LogP contribution >= 0.6 is 0 Å². The molecular formula is C30H31N7O3. The van der Waals surface area contributed by atoms with E-state index in [9.17, 15) is 9.59 Å². The molecule has 0 bridgehead atoms. The Kier molecular flexibility index (Phi) is 6.77. The first-order valence-electron chi connectivity index (χ1n) is 13.4. The van der Waals surface area contributed by atoms with Gasteiger partial charge in [-0.3, -0.25) is 14.2 Å². The number of nitrogens with zero attached hydrogens (tertiary/aromatic N) is 6. The van der Waals surface area contributed by atoms with Gasteiger partial charge in [-0.1, -0.05) is 36.4 Å². The lowest BCUT2D eigenvalue weighted by molar-refractivity contribution is -0.135. The quantitative estimate of drug-likeness (QED) is 0.353. The second-order valence-electron chi connectivity index (χ2n) is 10.2. The van der Waals surface area contributed by atoms with Crippen LogP contribution in [0.15, 0.2) is 59.7 Å². The van der Waals surface area contributed by atoms with Crippen molar-refractivity contribution >= 4 is 33.5 Å². The topological polar surface area (TPSA) is 121 Å². The number of hydrogen-bond donors (Lipinski definition) is 1. The van der Waals surface area contributed by atoms with Gasteiger partial charge in [-0.2, -0.15) is 5.10 Å². The number of para-hydroxylation sites is 1. The Morgan fingerprint density at radius 2 is 1.77 bits per heavy atom. The predicted octanol–water partition coefficient (Wildman–Crippen LogP) is 3.17. The van der Waals surface area contributed by atoms with Crippen LogP contribution in [0.5, 0.6) is 0 Å². The Labute approximate surface area is 231 Å². The van der Waals surface area contributed by atoms with Crippen molar-refractivity contribution in [2.45, 2.75) is 33.2 Å². The number of carbonyl (C=O) groups is 1. The van der Waals surface area contributed by atoms with Gasteiger partial charge in [0.05, 0.1) is 41.9 Å². The van der Waals surface area contributed by atoms with Gasteiger partial charge in [0, 0.05) is 31.6 Å². The van der Waals surface area contributed by atoms with E-state index >= 15 is 0 Å². The minimum Gasteiger partial charge on any atom is -0.383 e. The summed E-state index contributed by atoms with van der Waals surface area (Å²) in [6.07, 6.45) is 2.11. The molecule has 4 heterocycles. The van der Waals surface area contributed by atoms with Crippen molar-refractivity contribution in [2.75, 3.05) is 32.0 Å². The summed E-state index contributed by atoms with van der Waals surface area (Å²) in [4.78, 5) is 37.4. The van der Waals surface area contributed by atoms with Gasteiger partial charge in [0.15, 0.2) is 5.65 Å². The van der Waals surface area contributed by atoms with E-state index in [1.54, 1.807) is 9.25 Å². The number of anilines is 1. The first kappa shape index (κ1) is 25.7. The molecule has 40 heavy (non-hydrogen) atoms. The minimum atomic E-state index is -0.0816. The lowest BCUT2D eigenvalue weighted by Gasteiger charge is -2.26. The van der Waals surface area contributed by atoms with Crippen molar-refractivity contribution in [1.82, 2.24) is 29.2 Å². The first-order chi connectivity index (χ1) is 19.4. The maximum Gasteiger partial charge on any atom is 0.263 e. The number of aromatic nitrogens is 5. The summed E-state index contributed by atoms with van der Waals surface area (Å²) < 4.78 is 8.89. The Bertz CT molecular complexity index is 1800. The second-order valence-corrected chi connectivity index (χ2v) is 10.2. The molecule has 1 aliphatic rings. The summed E-state index contributed by atoms with van der Waals surface area (Å²) in [5.41, 5.74) is 10.9. The third-order valence-electron chi connectivity index (χ3n) is 7.57. The predicted molar refractivity (Wildman–Crippen MR) is 154 cm³/mol. The summed E-state index contributed by atoms with van der Waals surface area (Å²) in [7, 11) is 0. The van der Waals surface area contributed by atoms with Crippen LogP contribution in [0.4, 0.5) is 5.82 Å². The van der Waals surface area contributed by atoms with Crippen molar-refractivity contribution in [2.24, 2.45) is 0 Å². The Hall–Kier alpha value is -4.57. The van der Waals surface area contributed by atoms with Gasteiger partial charge in [-0.15, -0.1) is 0 Å².